The summed E-state index contributed by atoms with van der Waals surface area (Å²) in [5, 5.41) is -0.0599. The highest BCUT2D eigenvalue weighted by Crippen LogP contribution is 2.36. The number of nitrogens with zero attached hydrogens (tertiary/aromatic N) is 1. The molecule has 10 heteroatoms. The summed E-state index contributed by atoms with van der Waals surface area (Å²) >= 11 is 8.78. The van der Waals surface area contributed by atoms with Crippen LogP contribution in [0.3, 0.4) is 0 Å². The Labute approximate surface area is 135 Å². The summed E-state index contributed by atoms with van der Waals surface area (Å²) in [5.41, 5.74) is 10.1. The van der Waals surface area contributed by atoms with Crippen molar-refractivity contribution in [3.05, 3.63) is 21.4 Å². The number of hydrogen-bond acceptors (Lipinski definition) is 4. The summed E-state index contributed by atoms with van der Waals surface area (Å²) in [6.45, 7) is 2.48. The summed E-state index contributed by atoms with van der Waals surface area (Å²) in [4.78, 5) is 10.3. The first-order chi connectivity index (χ1) is 9.50. The van der Waals surface area contributed by atoms with E-state index in [9.17, 15) is 17.6 Å². The van der Waals surface area contributed by atoms with E-state index in [1.165, 1.54) is 13.8 Å². The number of nitrogens with two attached hydrogens (primary N) is 2. The van der Waals surface area contributed by atoms with Gasteiger partial charge in [-0.05, 0) is 35.8 Å². The van der Waals surface area contributed by atoms with Gasteiger partial charge in [0.15, 0.2) is 5.82 Å². The van der Waals surface area contributed by atoms with E-state index in [1.807, 2.05) is 0 Å². The standard InChI is InChI=1S/C11H14BrClFN3O3S/c1-5(2)17(4-8(15)18)21(19,20)7-3-6(13)9(12)11(16)10(7)14/h3,5H,4,16H2,1-2H3,(H2,15,18). The second kappa shape index (κ2) is 6.47. The number of anilines is 1. The van der Waals surface area contributed by atoms with Gasteiger partial charge < -0.3 is 11.5 Å². The molecule has 118 valence electrons. The maximum atomic E-state index is 14.2. The van der Waals surface area contributed by atoms with Crippen LogP contribution in [-0.4, -0.2) is 31.2 Å². The van der Waals surface area contributed by atoms with Gasteiger partial charge in [-0.25, -0.2) is 12.8 Å². The topological polar surface area (TPSA) is 106 Å². The van der Waals surface area contributed by atoms with Gasteiger partial charge in [-0.1, -0.05) is 11.6 Å². The molecule has 0 heterocycles. The predicted molar refractivity (Wildman–Crippen MR) is 81.7 cm³/mol. The Morgan fingerprint density at radius 2 is 2.05 bits per heavy atom. The number of rotatable bonds is 5. The Hall–Kier alpha value is -0.900. The van der Waals surface area contributed by atoms with E-state index >= 15 is 0 Å². The molecule has 1 aromatic carbocycles. The van der Waals surface area contributed by atoms with Crippen molar-refractivity contribution in [2.45, 2.75) is 24.8 Å². The van der Waals surface area contributed by atoms with Crippen LogP contribution in [0, 0.1) is 5.82 Å². The number of hydrogen-bond donors (Lipinski definition) is 2. The SMILES string of the molecule is CC(C)N(CC(N)=O)S(=O)(=O)c1cc(Cl)c(Br)c(N)c1F. The van der Waals surface area contributed by atoms with E-state index in [0.29, 0.717) is 0 Å². The number of carbonyl (C=O) groups excluding carboxylic acids is 1. The minimum Gasteiger partial charge on any atom is -0.395 e. The van der Waals surface area contributed by atoms with Gasteiger partial charge in [-0.2, -0.15) is 4.31 Å². The molecule has 4 N–H and O–H groups in total. The Bertz CT molecular complexity index is 682. The van der Waals surface area contributed by atoms with E-state index in [1.54, 1.807) is 0 Å². The van der Waals surface area contributed by atoms with Crippen LogP contribution in [0.15, 0.2) is 15.4 Å². The molecule has 1 amide bonds. The minimum absolute atomic E-state index is 0.0599. The first-order valence-electron chi connectivity index (χ1n) is 5.73. The van der Waals surface area contributed by atoms with E-state index in [-0.39, 0.29) is 9.50 Å². The van der Waals surface area contributed by atoms with Crippen LogP contribution >= 0.6 is 27.5 Å². The van der Waals surface area contributed by atoms with Crippen molar-refractivity contribution in [2.75, 3.05) is 12.3 Å². The van der Waals surface area contributed by atoms with Gasteiger partial charge in [0.05, 0.1) is 21.7 Å². The Kier molecular flexibility index (Phi) is 5.59. The molecule has 0 saturated carbocycles. The lowest BCUT2D eigenvalue weighted by Gasteiger charge is -2.25. The van der Waals surface area contributed by atoms with Crippen molar-refractivity contribution in [3.8, 4) is 0 Å². The molecule has 0 radical (unpaired) electrons. The zero-order chi connectivity index (χ0) is 16.5. The Morgan fingerprint density at radius 3 is 2.48 bits per heavy atom. The number of sulfonamides is 1. The summed E-state index contributed by atoms with van der Waals surface area (Å²) in [6.07, 6.45) is 0. The summed E-state index contributed by atoms with van der Waals surface area (Å²) in [6, 6.07) is 0.328. The molecule has 0 bridgehead atoms. The molecule has 0 saturated heterocycles. The summed E-state index contributed by atoms with van der Waals surface area (Å²) in [7, 11) is -4.32. The molecule has 0 fully saturated rings. The first-order valence-corrected chi connectivity index (χ1v) is 8.34. The molecule has 0 aromatic heterocycles. The summed E-state index contributed by atoms with van der Waals surface area (Å²) in [5.74, 6) is -2.00. The number of halogens is 3. The molecule has 0 spiro atoms. The van der Waals surface area contributed by atoms with Crippen molar-refractivity contribution in [1.29, 1.82) is 0 Å². The van der Waals surface area contributed by atoms with E-state index in [4.69, 9.17) is 23.1 Å². The van der Waals surface area contributed by atoms with E-state index in [2.05, 4.69) is 15.9 Å². The van der Waals surface area contributed by atoms with Crippen molar-refractivity contribution < 1.29 is 17.6 Å². The van der Waals surface area contributed by atoms with Gasteiger partial charge in [-0.3, -0.25) is 4.79 Å². The third kappa shape index (κ3) is 3.65. The third-order valence-corrected chi connectivity index (χ3v) is 6.03. The molecule has 1 rings (SSSR count). The highest BCUT2D eigenvalue weighted by molar-refractivity contribution is 9.10. The second-order valence-electron chi connectivity index (χ2n) is 4.51. The van der Waals surface area contributed by atoms with Gasteiger partial charge in [0.25, 0.3) is 0 Å². The number of benzene rings is 1. The largest absolute Gasteiger partial charge is 0.395 e. The van der Waals surface area contributed by atoms with Crippen molar-refractivity contribution in [2.24, 2.45) is 5.73 Å². The van der Waals surface area contributed by atoms with Gasteiger partial charge in [0.1, 0.15) is 4.90 Å². The van der Waals surface area contributed by atoms with E-state index < -0.39 is 44.9 Å². The zero-order valence-electron chi connectivity index (χ0n) is 11.2. The number of carbonyl (C=O) groups is 1. The highest BCUT2D eigenvalue weighted by atomic mass is 79.9. The second-order valence-corrected chi connectivity index (χ2v) is 7.57. The fourth-order valence-electron chi connectivity index (χ4n) is 1.61. The van der Waals surface area contributed by atoms with Crippen LogP contribution in [0.1, 0.15) is 13.8 Å². The van der Waals surface area contributed by atoms with Crippen LogP contribution in [0.25, 0.3) is 0 Å². The van der Waals surface area contributed by atoms with Crippen molar-refractivity contribution in [1.82, 2.24) is 4.31 Å². The van der Waals surface area contributed by atoms with Crippen LogP contribution < -0.4 is 11.5 Å². The lowest BCUT2D eigenvalue weighted by molar-refractivity contribution is -0.118. The monoisotopic (exact) mass is 401 g/mol. The molecule has 1 aromatic rings. The smallest absolute Gasteiger partial charge is 0.246 e. The average Bonchev–Trinajstić information content (AvgIpc) is 2.36. The normalized spacial score (nSPS) is 12.1. The number of amides is 1. The zero-order valence-corrected chi connectivity index (χ0v) is 14.4. The Balaban J connectivity index is 3.52. The maximum Gasteiger partial charge on any atom is 0.246 e. The van der Waals surface area contributed by atoms with Gasteiger partial charge >= 0.3 is 0 Å². The molecule has 0 unspecified atom stereocenters. The summed E-state index contributed by atoms with van der Waals surface area (Å²) < 4.78 is 40.0. The van der Waals surface area contributed by atoms with Gasteiger partial charge in [0.2, 0.25) is 15.9 Å². The molecule has 6 nitrogen and oxygen atoms in total. The van der Waals surface area contributed by atoms with Crippen molar-refractivity contribution >= 4 is 49.1 Å². The first kappa shape index (κ1) is 18.1. The van der Waals surface area contributed by atoms with E-state index in [0.717, 1.165) is 10.4 Å². The molecular formula is C11H14BrClFN3O3S. The fourth-order valence-corrected chi connectivity index (χ4v) is 3.88. The average molecular weight is 403 g/mol. The number of nitrogen functional groups attached to an aromatic ring is 1. The molecule has 0 aliphatic rings. The fraction of sp³-hybridized carbons (Fsp3) is 0.364. The highest BCUT2D eigenvalue weighted by Gasteiger charge is 2.32. The quantitative estimate of drug-likeness (QED) is 0.577. The number of primary amides is 1. The van der Waals surface area contributed by atoms with Crippen molar-refractivity contribution in [3.63, 3.8) is 0 Å². The van der Waals surface area contributed by atoms with Gasteiger partial charge in [-0.15, -0.1) is 0 Å². The maximum absolute atomic E-state index is 14.2. The van der Waals surface area contributed by atoms with Gasteiger partial charge in [0, 0.05) is 6.04 Å². The van der Waals surface area contributed by atoms with Crippen LogP contribution in [0.4, 0.5) is 10.1 Å². The molecule has 21 heavy (non-hydrogen) atoms. The minimum atomic E-state index is -4.32. The molecule has 0 atom stereocenters. The Morgan fingerprint density at radius 1 is 1.52 bits per heavy atom. The molecular weight excluding hydrogens is 389 g/mol. The van der Waals surface area contributed by atoms with Crippen LogP contribution in [0.5, 0.6) is 0 Å². The lowest BCUT2D eigenvalue weighted by Crippen LogP contribution is -2.43. The molecule has 0 aliphatic carbocycles. The molecule has 0 aliphatic heterocycles. The lowest BCUT2D eigenvalue weighted by atomic mass is 10.3. The van der Waals surface area contributed by atoms with Crippen LogP contribution in [0.2, 0.25) is 5.02 Å². The third-order valence-electron chi connectivity index (χ3n) is 2.63. The predicted octanol–water partition coefficient (Wildman–Crippen LogP) is 1.71. The van der Waals surface area contributed by atoms with Crippen LogP contribution in [-0.2, 0) is 14.8 Å².